The summed E-state index contributed by atoms with van der Waals surface area (Å²) < 4.78 is 2.71. The average Bonchev–Trinajstić information content (AvgIpc) is 2.86. The smallest absolute Gasteiger partial charge is 0.0437 e. The lowest BCUT2D eigenvalue weighted by Crippen LogP contribution is -1.97. The average molecular weight is 277 g/mol. The van der Waals surface area contributed by atoms with Gasteiger partial charge in [-0.15, -0.1) is 11.3 Å². The normalized spacial score (nSPS) is 11.7. The lowest BCUT2D eigenvalue weighted by molar-refractivity contribution is 1.09. The van der Waals surface area contributed by atoms with Gasteiger partial charge in [-0.1, -0.05) is 35.9 Å². The fraction of sp³-hybridized carbons (Fsp3) is 0.111. The molecule has 4 rings (SSSR count). The minimum Gasteiger partial charge on any atom is -0.326 e. The van der Waals surface area contributed by atoms with E-state index in [4.69, 9.17) is 5.73 Å². The predicted octanol–water partition coefficient (Wildman–Crippen LogP) is 4.97. The lowest BCUT2D eigenvalue weighted by Gasteiger charge is -2.06. The predicted molar refractivity (Wildman–Crippen MR) is 89.5 cm³/mol. The van der Waals surface area contributed by atoms with E-state index in [1.807, 2.05) is 11.3 Å². The molecule has 1 heterocycles. The van der Waals surface area contributed by atoms with Gasteiger partial charge in [-0.2, -0.15) is 0 Å². The summed E-state index contributed by atoms with van der Waals surface area (Å²) in [6.45, 7) is 2.73. The molecule has 0 saturated carbocycles. The second-order valence-corrected chi connectivity index (χ2v) is 6.32. The van der Waals surface area contributed by atoms with Crippen molar-refractivity contribution >= 4 is 42.3 Å². The highest BCUT2D eigenvalue weighted by Gasteiger charge is 2.12. The number of aryl methyl sites for hydroxylation is 1. The number of benzene rings is 3. The van der Waals surface area contributed by atoms with Gasteiger partial charge in [0.05, 0.1) is 0 Å². The Morgan fingerprint density at radius 1 is 1.00 bits per heavy atom. The minimum atomic E-state index is 0.584. The summed E-state index contributed by atoms with van der Waals surface area (Å²) in [5.74, 6) is 0. The van der Waals surface area contributed by atoms with Crippen LogP contribution in [-0.2, 0) is 6.54 Å². The van der Waals surface area contributed by atoms with Gasteiger partial charge in [0.15, 0.2) is 0 Å². The third-order valence-corrected chi connectivity index (χ3v) is 5.12. The molecule has 98 valence electrons. The maximum Gasteiger partial charge on any atom is 0.0437 e. The Kier molecular flexibility index (Phi) is 2.56. The summed E-state index contributed by atoms with van der Waals surface area (Å²) in [7, 11) is 0. The van der Waals surface area contributed by atoms with Crippen molar-refractivity contribution in [3.05, 3.63) is 59.7 Å². The second kappa shape index (κ2) is 4.30. The topological polar surface area (TPSA) is 26.0 Å². The molecule has 2 N–H and O–H groups in total. The maximum atomic E-state index is 5.99. The first-order chi connectivity index (χ1) is 9.78. The number of hydrogen-bond acceptors (Lipinski definition) is 2. The van der Waals surface area contributed by atoms with Gasteiger partial charge >= 0.3 is 0 Å². The largest absolute Gasteiger partial charge is 0.326 e. The number of rotatable bonds is 1. The summed E-state index contributed by atoms with van der Waals surface area (Å²) in [6, 6.07) is 17.5. The Labute approximate surface area is 121 Å². The maximum absolute atomic E-state index is 5.99. The second-order valence-electron chi connectivity index (χ2n) is 5.27. The molecule has 0 spiro atoms. The summed E-state index contributed by atoms with van der Waals surface area (Å²) in [5, 5.41) is 5.30. The van der Waals surface area contributed by atoms with E-state index in [0.717, 1.165) is 0 Å². The third kappa shape index (κ3) is 1.59. The van der Waals surface area contributed by atoms with Crippen molar-refractivity contribution in [2.75, 3.05) is 0 Å². The van der Waals surface area contributed by atoms with Crippen LogP contribution in [0.3, 0.4) is 0 Å². The van der Waals surface area contributed by atoms with Crippen molar-refractivity contribution in [2.45, 2.75) is 13.5 Å². The van der Waals surface area contributed by atoms with Gasteiger partial charge in [0.25, 0.3) is 0 Å². The van der Waals surface area contributed by atoms with Crippen LogP contribution in [0.15, 0.2) is 48.5 Å². The molecule has 0 unspecified atom stereocenters. The number of hydrogen-bond donors (Lipinski definition) is 1. The summed E-state index contributed by atoms with van der Waals surface area (Å²) in [4.78, 5) is 0. The van der Waals surface area contributed by atoms with E-state index in [1.54, 1.807) is 0 Å². The van der Waals surface area contributed by atoms with Crippen LogP contribution in [0.25, 0.3) is 30.9 Å². The van der Waals surface area contributed by atoms with Crippen LogP contribution in [0, 0.1) is 6.92 Å². The molecular weight excluding hydrogens is 262 g/mol. The lowest BCUT2D eigenvalue weighted by atomic mass is 9.99. The van der Waals surface area contributed by atoms with E-state index in [9.17, 15) is 0 Å². The van der Waals surface area contributed by atoms with Crippen LogP contribution >= 0.6 is 11.3 Å². The number of thiophene rings is 1. The van der Waals surface area contributed by atoms with E-state index in [2.05, 4.69) is 55.5 Å². The van der Waals surface area contributed by atoms with Crippen LogP contribution < -0.4 is 5.73 Å². The van der Waals surface area contributed by atoms with Gasteiger partial charge in [0.2, 0.25) is 0 Å². The molecule has 1 aromatic heterocycles. The van der Waals surface area contributed by atoms with Crippen molar-refractivity contribution in [1.82, 2.24) is 0 Å². The number of fused-ring (bicyclic) bond motifs is 5. The third-order valence-electron chi connectivity index (χ3n) is 3.92. The van der Waals surface area contributed by atoms with E-state index >= 15 is 0 Å². The van der Waals surface area contributed by atoms with Crippen LogP contribution in [0.2, 0.25) is 0 Å². The van der Waals surface area contributed by atoms with Gasteiger partial charge in [-0.05, 0) is 41.5 Å². The highest BCUT2D eigenvalue weighted by atomic mass is 32.1. The molecule has 0 aliphatic rings. The summed E-state index contributed by atoms with van der Waals surface area (Å²) >= 11 is 1.87. The molecule has 3 aromatic carbocycles. The molecule has 0 saturated heterocycles. The zero-order valence-corrected chi connectivity index (χ0v) is 12.1. The molecule has 0 fully saturated rings. The van der Waals surface area contributed by atoms with Gasteiger partial charge in [0.1, 0.15) is 0 Å². The van der Waals surface area contributed by atoms with E-state index < -0.39 is 0 Å². The van der Waals surface area contributed by atoms with Crippen LogP contribution in [0.5, 0.6) is 0 Å². The zero-order valence-electron chi connectivity index (χ0n) is 11.3. The molecule has 0 atom stereocenters. The molecule has 0 aliphatic carbocycles. The minimum absolute atomic E-state index is 0.584. The molecule has 20 heavy (non-hydrogen) atoms. The zero-order chi connectivity index (χ0) is 13.7. The highest BCUT2D eigenvalue weighted by Crippen LogP contribution is 2.40. The SMILES string of the molecule is Cc1ccc2cc(CN)c3c4ccccc4sc3c2c1. The standard InChI is InChI=1S/C18H15NS/c1-11-6-7-12-9-13(10-19)17-14-4-2-3-5-16(14)20-18(17)15(12)8-11/h2-9H,10,19H2,1H3. The van der Waals surface area contributed by atoms with Crippen molar-refractivity contribution in [2.24, 2.45) is 5.73 Å². The monoisotopic (exact) mass is 277 g/mol. The molecule has 0 bridgehead atoms. The Bertz CT molecular complexity index is 950. The van der Waals surface area contributed by atoms with E-state index in [1.165, 1.54) is 42.1 Å². The Balaban J connectivity index is 2.32. The first-order valence-electron chi connectivity index (χ1n) is 6.81. The summed E-state index contributed by atoms with van der Waals surface area (Å²) in [6.07, 6.45) is 0. The van der Waals surface area contributed by atoms with Crippen molar-refractivity contribution in [3.8, 4) is 0 Å². The molecular formula is C18H15NS. The van der Waals surface area contributed by atoms with E-state index in [-0.39, 0.29) is 0 Å². The van der Waals surface area contributed by atoms with Crippen molar-refractivity contribution < 1.29 is 0 Å². The van der Waals surface area contributed by atoms with Gasteiger partial charge in [-0.25, -0.2) is 0 Å². The molecule has 0 amide bonds. The molecule has 4 aromatic rings. The van der Waals surface area contributed by atoms with Gasteiger partial charge < -0.3 is 5.73 Å². The highest BCUT2D eigenvalue weighted by molar-refractivity contribution is 7.26. The fourth-order valence-electron chi connectivity index (χ4n) is 2.97. The Morgan fingerprint density at radius 2 is 1.85 bits per heavy atom. The van der Waals surface area contributed by atoms with Crippen molar-refractivity contribution in [1.29, 1.82) is 0 Å². The van der Waals surface area contributed by atoms with Crippen LogP contribution in [-0.4, -0.2) is 0 Å². The fourth-order valence-corrected chi connectivity index (χ4v) is 4.24. The quantitative estimate of drug-likeness (QED) is 0.522. The van der Waals surface area contributed by atoms with Gasteiger partial charge in [-0.3, -0.25) is 0 Å². The van der Waals surface area contributed by atoms with Crippen molar-refractivity contribution in [3.63, 3.8) is 0 Å². The molecule has 2 heteroatoms. The molecule has 0 radical (unpaired) electrons. The Morgan fingerprint density at radius 3 is 2.70 bits per heavy atom. The first kappa shape index (κ1) is 11.9. The van der Waals surface area contributed by atoms with Gasteiger partial charge in [0, 0.05) is 26.7 Å². The first-order valence-corrected chi connectivity index (χ1v) is 7.63. The number of nitrogens with two attached hydrogens (primary N) is 1. The van der Waals surface area contributed by atoms with Crippen LogP contribution in [0.1, 0.15) is 11.1 Å². The summed E-state index contributed by atoms with van der Waals surface area (Å²) in [5.41, 5.74) is 8.54. The molecule has 1 nitrogen and oxygen atoms in total. The Hall–Kier alpha value is -1.90. The molecule has 0 aliphatic heterocycles. The van der Waals surface area contributed by atoms with E-state index in [0.29, 0.717) is 6.54 Å². The van der Waals surface area contributed by atoms with Crippen LogP contribution in [0.4, 0.5) is 0 Å².